The van der Waals surface area contributed by atoms with Crippen LogP contribution in [0.4, 0.5) is 4.39 Å². The van der Waals surface area contributed by atoms with Crippen LogP contribution >= 0.6 is 11.3 Å². The first kappa shape index (κ1) is 26.8. The Kier molecular flexibility index (Phi) is 7.89. The van der Waals surface area contributed by atoms with Crippen LogP contribution in [0.5, 0.6) is 5.75 Å². The summed E-state index contributed by atoms with van der Waals surface area (Å²) in [6.07, 6.45) is 4.31. The number of hydrogen-bond donors (Lipinski definition) is 0. The molecular formula is C34H31FO3S. The van der Waals surface area contributed by atoms with Gasteiger partial charge in [0.05, 0.1) is 12.0 Å². The second-order valence-corrected chi connectivity index (χ2v) is 11.3. The van der Waals surface area contributed by atoms with Gasteiger partial charge in [-0.2, -0.15) is 0 Å². The van der Waals surface area contributed by atoms with Crippen molar-refractivity contribution in [2.75, 3.05) is 7.11 Å². The smallest absolute Gasteiger partial charge is 0.189 e. The Labute approximate surface area is 233 Å². The maximum Gasteiger partial charge on any atom is 0.189 e. The minimum Gasteiger partial charge on any atom is -0.496 e. The zero-order valence-corrected chi connectivity index (χ0v) is 23.2. The number of hydrogen-bond acceptors (Lipinski definition) is 4. The summed E-state index contributed by atoms with van der Waals surface area (Å²) in [5.74, 6) is 0.448. The number of Topliss-reactive ketones (excluding diaryl/α,β-unsaturated/α-hetero) is 2. The van der Waals surface area contributed by atoms with Crippen molar-refractivity contribution in [1.82, 2.24) is 0 Å². The number of rotatable bonds is 9. The lowest BCUT2D eigenvalue weighted by atomic mass is 9.85. The van der Waals surface area contributed by atoms with E-state index in [9.17, 15) is 14.0 Å². The Morgan fingerprint density at radius 3 is 2.36 bits per heavy atom. The highest BCUT2D eigenvalue weighted by Crippen LogP contribution is 2.47. The zero-order chi connectivity index (χ0) is 27.5. The molecule has 1 heterocycles. The van der Waals surface area contributed by atoms with E-state index in [4.69, 9.17) is 4.74 Å². The lowest BCUT2D eigenvalue weighted by Crippen LogP contribution is -2.11. The van der Waals surface area contributed by atoms with E-state index in [1.165, 1.54) is 23.5 Å². The van der Waals surface area contributed by atoms with Gasteiger partial charge in [0.25, 0.3) is 0 Å². The number of allylic oxidation sites excluding steroid dienone is 2. The largest absolute Gasteiger partial charge is 0.496 e. The van der Waals surface area contributed by atoms with Crippen molar-refractivity contribution in [2.24, 2.45) is 0 Å². The molecule has 0 saturated heterocycles. The quantitative estimate of drug-likeness (QED) is 0.201. The first-order valence-corrected chi connectivity index (χ1v) is 14.0. The van der Waals surface area contributed by atoms with E-state index in [1.807, 2.05) is 49.4 Å². The van der Waals surface area contributed by atoms with Crippen molar-refractivity contribution in [3.8, 4) is 5.75 Å². The molecule has 198 valence electrons. The molecule has 0 amide bonds. The minimum atomic E-state index is -0.274. The molecule has 5 rings (SSSR count). The van der Waals surface area contributed by atoms with Gasteiger partial charge in [0.15, 0.2) is 11.6 Å². The molecule has 0 N–H and O–H groups in total. The Balaban J connectivity index is 1.49. The minimum absolute atomic E-state index is 0.00687. The van der Waals surface area contributed by atoms with Gasteiger partial charge >= 0.3 is 0 Å². The Morgan fingerprint density at radius 2 is 1.69 bits per heavy atom. The second-order valence-electron chi connectivity index (χ2n) is 10.1. The van der Waals surface area contributed by atoms with Crippen LogP contribution in [0.3, 0.4) is 0 Å². The van der Waals surface area contributed by atoms with Crippen molar-refractivity contribution in [2.45, 2.75) is 44.9 Å². The maximum absolute atomic E-state index is 13.8. The van der Waals surface area contributed by atoms with E-state index >= 15 is 0 Å². The highest BCUT2D eigenvalue weighted by Gasteiger charge is 2.35. The SMILES string of the molecule is COc1c(CCc2ccc(C(C)=O)s2)cccc1C1CC(c2ccc(F)cc2)C=C1C(=O)c1ccc(C)cc1. The lowest BCUT2D eigenvalue weighted by Gasteiger charge is -2.21. The molecular weight excluding hydrogens is 507 g/mol. The third kappa shape index (κ3) is 5.79. The number of halogens is 1. The molecule has 5 heteroatoms. The first-order chi connectivity index (χ1) is 18.8. The predicted molar refractivity (Wildman–Crippen MR) is 155 cm³/mol. The van der Waals surface area contributed by atoms with E-state index in [2.05, 4.69) is 18.2 Å². The summed E-state index contributed by atoms with van der Waals surface area (Å²) in [5, 5.41) is 0. The molecule has 3 aromatic carbocycles. The van der Waals surface area contributed by atoms with Gasteiger partial charge in [0, 0.05) is 33.4 Å². The van der Waals surface area contributed by atoms with Crippen LogP contribution in [0.1, 0.15) is 72.3 Å². The monoisotopic (exact) mass is 538 g/mol. The van der Waals surface area contributed by atoms with Crippen LogP contribution in [-0.2, 0) is 12.8 Å². The molecule has 2 atom stereocenters. The molecule has 1 aliphatic rings. The van der Waals surface area contributed by atoms with Gasteiger partial charge in [-0.25, -0.2) is 4.39 Å². The number of ketones is 2. The average molecular weight is 539 g/mol. The van der Waals surface area contributed by atoms with Crippen LogP contribution in [0.25, 0.3) is 0 Å². The number of benzene rings is 3. The predicted octanol–water partition coefficient (Wildman–Crippen LogP) is 8.27. The zero-order valence-electron chi connectivity index (χ0n) is 22.4. The highest BCUT2D eigenvalue weighted by molar-refractivity contribution is 7.14. The number of methoxy groups -OCH3 is 1. The molecule has 0 fully saturated rings. The number of carbonyl (C=O) groups excluding carboxylic acids is 2. The average Bonchev–Trinajstić information content (AvgIpc) is 3.60. The second kappa shape index (κ2) is 11.5. The fourth-order valence-electron chi connectivity index (χ4n) is 5.41. The van der Waals surface area contributed by atoms with Crippen molar-refractivity contribution < 1.29 is 18.7 Å². The van der Waals surface area contributed by atoms with Crippen LogP contribution < -0.4 is 4.74 Å². The topological polar surface area (TPSA) is 43.4 Å². The summed E-state index contributed by atoms with van der Waals surface area (Å²) < 4.78 is 19.6. The van der Waals surface area contributed by atoms with Crippen LogP contribution in [0.2, 0.25) is 0 Å². The number of ether oxygens (including phenoxy) is 1. The van der Waals surface area contributed by atoms with E-state index in [1.54, 1.807) is 26.2 Å². The molecule has 39 heavy (non-hydrogen) atoms. The molecule has 0 saturated carbocycles. The molecule has 1 aromatic heterocycles. The summed E-state index contributed by atoms with van der Waals surface area (Å²) in [5.41, 5.74) is 5.55. The van der Waals surface area contributed by atoms with Crippen LogP contribution in [-0.4, -0.2) is 18.7 Å². The van der Waals surface area contributed by atoms with E-state index in [0.717, 1.165) is 56.2 Å². The summed E-state index contributed by atoms with van der Waals surface area (Å²) in [6.45, 7) is 3.59. The fraction of sp³-hybridized carbons (Fsp3) is 0.235. The molecule has 0 spiro atoms. The Morgan fingerprint density at radius 1 is 0.949 bits per heavy atom. The lowest BCUT2D eigenvalue weighted by molar-refractivity contribution is 0.101. The van der Waals surface area contributed by atoms with Crippen molar-refractivity contribution in [1.29, 1.82) is 0 Å². The standard InChI is InChI=1S/C34H31FO3S/c1-21-7-9-24(10-8-21)33(37)31-20-26(23-11-14-27(35)15-12-23)19-30(31)29-6-4-5-25(34(29)38-3)13-16-28-17-18-32(39-28)22(2)36/h4-12,14-15,17-18,20,26,30H,13,16,19H2,1-3H3. The summed E-state index contributed by atoms with van der Waals surface area (Å²) in [6, 6.07) is 24.3. The Hall–Kier alpha value is -3.83. The normalized spacial score (nSPS) is 16.7. The van der Waals surface area contributed by atoms with Crippen LogP contribution in [0.15, 0.2) is 90.5 Å². The van der Waals surface area contributed by atoms with E-state index < -0.39 is 0 Å². The third-order valence-electron chi connectivity index (χ3n) is 7.48. The van der Waals surface area contributed by atoms with Gasteiger partial charge in [0.1, 0.15) is 11.6 Å². The van der Waals surface area contributed by atoms with E-state index in [-0.39, 0.29) is 29.2 Å². The Bertz CT molecular complexity index is 1530. The fourth-order valence-corrected chi connectivity index (χ4v) is 6.31. The molecule has 0 bridgehead atoms. The van der Waals surface area contributed by atoms with Gasteiger partial charge in [-0.05, 0) is 68.5 Å². The molecule has 3 nitrogen and oxygen atoms in total. The van der Waals surface area contributed by atoms with Gasteiger partial charge in [-0.1, -0.05) is 66.2 Å². The molecule has 0 radical (unpaired) electrons. The van der Waals surface area contributed by atoms with Crippen molar-refractivity contribution in [3.63, 3.8) is 0 Å². The van der Waals surface area contributed by atoms with Gasteiger partial charge in [-0.15, -0.1) is 11.3 Å². The molecule has 2 unspecified atom stereocenters. The molecule has 4 aromatic rings. The van der Waals surface area contributed by atoms with Crippen molar-refractivity contribution in [3.05, 3.63) is 134 Å². The van der Waals surface area contributed by atoms with Gasteiger partial charge < -0.3 is 4.74 Å². The first-order valence-electron chi connectivity index (χ1n) is 13.2. The number of carbonyl (C=O) groups is 2. The maximum atomic E-state index is 13.8. The van der Waals surface area contributed by atoms with Crippen molar-refractivity contribution >= 4 is 22.9 Å². The summed E-state index contributed by atoms with van der Waals surface area (Å²) in [4.78, 5) is 27.5. The molecule has 0 aliphatic heterocycles. The van der Waals surface area contributed by atoms with Gasteiger partial charge in [0.2, 0.25) is 0 Å². The van der Waals surface area contributed by atoms with Crippen LogP contribution in [0, 0.1) is 12.7 Å². The number of thiophene rings is 1. The third-order valence-corrected chi connectivity index (χ3v) is 8.72. The summed E-state index contributed by atoms with van der Waals surface area (Å²) in [7, 11) is 1.68. The summed E-state index contributed by atoms with van der Waals surface area (Å²) >= 11 is 1.53. The van der Waals surface area contributed by atoms with E-state index in [0.29, 0.717) is 12.0 Å². The number of aryl methyl sites for hydroxylation is 3. The molecule has 1 aliphatic carbocycles. The number of para-hydroxylation sites is 1. The highest BCUT2D eigenvalue weighted by atomic mass is 32.1. The van der Waals surface area contributed by atoms with Gasteiger partial charge in [-0.3, -0.25) is 9.59 Å².